The Labute approximate surface area is 142 Å². The Hall–Kier alpha value is -2.28. The van der Waals surface area contributed by atoms with Gasteiger partial charge in [0.25, 0.3) is 0 Å². The normalized spacial score (nSPS) is 13.2. The van der Waals surface area contributed by atoms with E-state index in [2.05, 4.69) is 5.32 Å². The summed E-state index contributed by atoms with van der Waals surface area (Å²) >= 11 is 0. The second-order valence-electron chi connectivity index (χ2n) is 5.59. The van der Waals surface area contributed by atoms with Gasteiger partial charge in [-0.15, -0.1) is 0 Å². The van der Waals surface area contributed by atoms with Crippen molar-refractivity contribution in [2.75, 3.05) is 25.6 Å². The van der Waals surface area contributed by atoms with Crippen LogP contribution in [0.25, 0.3) is 0 Å². The van der Waals surface area contributed by atoms with E-state index in [0.717, 1.165) is 16.8 Å². The number of anilines is 1. The van der Waals surface area contributed by atoms with Crippen LogP contribution in [0.5, 0.6) is 11.5 Å². The second-order valence-corrected chi connectivity index (χ2v) is 5.59. The summed E-state index contributed by atoms with van der Waals surface area (Å²) in [6.45, 7) is 2.44. The summed E-state index contributed by atoms with van der Waals surface area (Å²) < 4.78 is 11.0. The third kappa shape index (κ3) is 4.86. The van der Waals surface area contributed by atoms with E-state index in [-0.39, 0.29) is 12.6 Å². The van der Waals surface area contributed by atoms with Gasteiger partial charge >= 0.3 is 0 Å². The number of nitrogens with two attached hydrogens (primary N) is 2. The molecule has 6 N–H and O–H groups in total. The minimum absolute atomic E-state index is 0.0759. The minimum Gasteiger partial charge on any atom is -0.493 e. The molecule has 6 nitrogen and oxygen atoms in total. The molecule has 0 saturated heterocycles. The average molecular weight is 331 g/mol. The molecule has 0 fully saturated rings. The highest BCUT2D eigenvalue weighted by Gasteiger charge is 2.12. The van der Waals surface area contributed by atoms with E-state index in [4.69, 9.17) is 20.9 Å². The third-order valence-electron chi connectivity index (χ3n) is 3.65. The molecule has 2 aromatic rings. The lowest BCUT2D eigenvalue weighted by Crippen LogP contribution is -2.26. The molecule has 2 unspecified atom stereocenters. The van der Waals surface area contributed by atoms with Crippen molar-refractivity contribution in [3.63, 3.8) is 0 Å². The van der Waals surface area contributed by atoms with Gasteiger partial charge in [0.1, 0.15) is 6.61 Å². The van der Waals surface area contributed by atoms with Crippen LogP contribution in [0, 0.1) is 6.92 Å². The van der Waals surface area contributed by atoms with Crippen LogP contribution in [-0.2, 0) is 0 Å². The van der Waals surface area contributed by atoms with Crippen LogP contribution in [0.1, 0.15) is 17.2 Å². The van der Waals surface area contributed by atoms with Crippen molar-refractivity contribution in [3.05, 3.63) is 53.6 Å². The molecule has 24 heavy (non-hydrogen) atoms. The number of rotatable bonds is 8. The van der Waals surface area contributed by atoms with Crippen LogP contribution in [-0.4, -0.2) is 31.6 Å². The molecule has 0 spiro atoms. The molecule has 0 aliphatic heterocycles. The summed E-state index contributed by atoms with van der Waals surface area (Å²) in [5, 5.41) is 13.0. The number of benzene rings is 2. The highest BCUT2D eigenvalue weighted by molar-refractivity contribution is 5.45. The first-order chi connectivity index (χ1) is 11.5. The van der Waals surface area contributed by atoms with Crippen LogP contribution < -0.4 is 26.3 Å². The molecule has 0 bridgehead atoms. The van der Waals surface area contributed by atoms with Crippen molar-refractivity contribution in [1.82, 2.24) is 0 Å². The van der Waals surface area contributed by atoms with Gasteiger partial charge in [0.2, 0.25) is 0 Å². The van der Waals surface area contributed by atoms with Gasteiger partial charge in [-0.05, 0) is 36.8 Å². The Morgan fingerprint density at radius 2 is 1.83 bits per heavy atom. The summed E-state index contributed by atoms with van der Waals surface area (Å²) in [5.41, 5.74) is 14.4. The number of methoxy groups -OCH3 is 1. The lowest BCUT2D eigenvalue weighted by molar-refractivity contribution is 0.127. The summed E-state index contributed by atoms with van der Waals surface area (Å²) in [7, 11) is 1.56. The molecular formula is C18H25N3O3. The summed E-state index contributed by atoms with van der Waals surface area (Å²) in [4.78, 5) is 0. The van der Waals surface area contributed by atoms with Gasteiger partial charge < -0.3 is 31.4 Å². The molecule has 0 saturated carbocycles. The van der Waals surface area contributed by atoms with E-state index in [1.54, 1.807) is 19.2 Å². The standard InChI is InChI=1S/C18H25N3O3/c1-12-3-6-14(7-4-12)21-18(22)11-24-16-8-5-13(15(20)10-19)9-17(16)23-2/h3-9,15,18,21-22H,10-11,19-20H2,1-2H3. The largest absolute Gasteiger partial charge is 0.493 e. The maximum atomic E-state index is 10.1. The van der Waals surface area contributed by atoms with Crippen LogP contribution in [0.15, 0.2) is 42.5 Å². The van der Waals surface area contributed by atoms with Gasteiger partial charge in [0.05, 0.1) is 7.11 Å². The molecule has 2 atom stereocenters. The van der Waals surface area contributed by atoms with Crippen LogP contribution in [0.4, 0.5) is 5.69 Å². The first kappa shape index (κ1) is 18.1. The smallest absolute Gasteiger partial charge is 0.161 e. The number of aliphatic hydroxyl groups is 1. The molecule has 0 aliphatic carbocycles. The van der Waals surface area contributed by atoms with Crippen LogP contribution in [0.3, 0.4) is 0 Å². The fourth-order valence-electron chi connectivity index (χ4n) is 2.22. The molecule has 6 heteroatoms. The molecular weight excluding hydrogens is 306 g/mol. The zero-order valence-corrected chi connectivity index (χ0v) is 14.0. The van der Waals surface area contributed by atoms with Crippen molar-refractivity contribution >= 4 is 5.69 Å². The Morgan fingerprint density at radius 1 is 1.12 bits per heavy atom. The van der Waals surface area contributed by atoms with Gasteiger partial charge in [-0.2, -0.15) is 0 Å². The quantitative estimate of drug-likeness (QED) is 0.550. The van der Waals surface area contributed by atoms with E-state index in [1.165, 1.54) is 0 Å². The second kappa shape index (κ2) is 8.54. The molecule has 130 valence electrons. The Balaban J connectivity index is 1.96. The number of aliphatic hydroxyl groups excluding tert-OH is 1. The topological polar surface area (TPSA) is 103 Å². The molecule has 0 aromatic heterocycles. The fraction of sp³-hybridized carbons (Fsp3) is 0.333. The molecule has 0 amide bonds. The minimum atomic E-state index is -0.844. The highest BCUT2D eigenvalue weighted by Crippen LogP contribution is 2.29. The zero-order valence-electron chi connectivity index (χ0n) is 14.0. The number of hydrogen-bond donors (Lipinski definition) is 4. The van der Waals surface area contributed by atoms with Crippen LogP contribution >= 0.6 is 0 Å². The monoisotopic (exact) mass is 331 g/mol. The van der Waals surface area contributed by atoms with Gasteiger partial charge in [0, 0.05) is 18.3 Å². The predicted octanol–water partition coefficient (Wildman–Crippen LogP) is 1.77. The SMILES string of the molecule is COc1cc(C(N)CN)ccc1OCC(O)Nc1ccc(C)cc1. The lowest BCUT2D eigenvalue weighted by Gasteiger charge is -2.18. The number of ether oxygens (including phenoxy) is 2. The fourth-order valence-corrected chi connectivity index (χ4v) is 2.22. The van der Waals surface area contributed by atoms with E-state index < -0.39 is 6.23 Å². The lowest BCUT2D eigenvalue weighted by atomic mass is 10.1. The molecule has 0 aliphatic rings. The first-order valence-electron chi connectivity index (χ1n) is 7.81. The molecule has 0 heterocycles. The Morgan fingerprint density at radius 3 is 2.46 bits per heavy atom. The zero-order chi connectivity index (χ0) is 17.5. The molecule has 0 radical (unpaired) electrons. The molecule has 2 rings (SSSR count). The van der Waals surface area contributed by atoms with E-state index in [9.17, 15) is 5.11 Å². The summed E-state index contributed by atoms with van der Waals surface area (Å²) in [5.74, 6) is 1.09. The Bertz CT molecular complexity index is 646. The van der Waals surface area contributed by atoms with Crippen molar-refractivity contribution < 1.29 is 14.6 Å². The van der Waals surface area contributed by atoms with E-state index in [0.29, 0.717) is 18.0 Å². The number of aryl methyl sites for hydroxylation is 1. The van der Waals surface area contributed by atoms with E-state index in [1.807, 2.05) is 37.3 Å². The average Bonchev–Trinajstić information content (AvgIpc) is 2.61. The first-order valence-corrected chi connectivity index (χ1v) is 7.81. The van der Waals surface area contributed by atoms with Gasteiger partial charge in [0.15, 0.2) is 17.7 Å². The maximum absolute atomic E-state index is 10.1. The highest BCUT2D eigenvalue weighted by atomic mass is 16.5. The van der Waals surface area contributed by atoms with Gasteiger partial charge in [-0.25, -0.2) is 0 Å². The van der Waals surface area contributed by atoms with Gasteiger partial charge in [-0.1, -0.05) is 23.8 Å². The molecule has 2 aromatic carbocycles. The van der Waals surface area contributed by atoms with Crippen molar-refractivity contribution in [3.8, 4) is 11.5 Å². The Kier molecular flexibility index (Phi) is 6.43. The van der Waals surface area contributed by atoms with Crippen LogP contribution in [0.2, 0.25) is 0 Å². The maximum Gasteiger partial charge on any atom is 0.161 e. The number of nitrogens with one attached hydrogen (secondary N) is 1. The third-order valence-corrected chi connectivity index (χ3v) is 3.65. The van der Waals surface area contributed by atoms with Crippen molar-refractivity contribution in [1.29, 1.82) is 0 Å². The summed E-state index contributed by atoms with van der Waals surface area (Å²) in [6.07, 6.45) is -0.844. The predicted molar refractivity (Wildman–Crippen MR) is 95.3 cm³/mol. The van der Waals surface area contributed by atoms with Gasteiger partial charge in [-0.3, -0.25) is 0 Å². The van der Waals surface area contributed by atoms with E-state index >= 15 is 0 Å². The number of hydrogen-bond acceptors (Lipinski definition) is 6. The summed E-state index contributed by atoms with van der Waals surface area (Å²) in [6, 6.07) is 12.9. The van der Waals surface area contributed by atoms with Crippen molar-refractivity contribution in [2.45, 2.75) is 19.2 Å². The van der Waals surface area contributed by atoms with Crippen molar-refractivity contribution in [2.24, 2.45) is 11.5 Å².